The first-order valence-corrected chi connectivity index (χ1v) is 4.47. The minimum Gasteiger partial charge on any atom is -0.465 e. The van der Waals surface area contributed by atoms with E-state index in [0.717, 1.165) is 13.2 Å². The molecule has 1 heterocycles. The first kappa shape index (κ1) is 13.2. The van der Waals surface area contributed by atoms with E-state index in [1.165, 1.54) is 0 Å². The molecule has 0 amide bonds. The number of nitrogens with zero attached hydrogens (tertiary/aromatic N) is 2. The highest BCUT2D eigenvalue weighted by atomic mass is 35.5. The number of pyridine rings is 1. The van der Waals surface area contributed by atoms with Gasteiger partial charge in [0.15, 0.2) is 5.69 Å². The van der Waals surface area contributed by atoms with Gasteiger partial charge in [0.1, 0.15) is 10.7 Å². The fraction of sp³-hybridized carbons (Fsp3) is 0.250. The van der Waals surface area contributed by atoms with Crippen molar-refractivity contribution in [2.45, 2.75) is 6.43 Å². The van der Waals surface area contributed by atoms with Crippen LogP contribution in [0.5, 0.6) is 0 Å². The average molecular weight is 267 g/mol. The van der Waals surface area contributed by atoms with E-state index in [1.54, 1.807) is 0 Å². The summed E-state index contributed by atoms with van der Waals surface area (Å²) in [4.78, 5) is 23.9. The maximum absolute atomic E-state index is 12.5. The molecule has 0 bridgehead atoms. The van der Waals surface area contributed by atoms with Gasteiger partial charge in [-0.1, -0.05) is 11.6 Å². The lowest BCUT2D eigenvalue weighted by molar-refractivity contribution is -0.387. The highest BCUT2D eigenvalue weighted by molar-refractivity contribution is 6.29. The number of halogens is 3. The van der Waals surface area contributed by atoms with Crippen molar-refractivity contribution in [3.8, 4) is 0 Å². The van der Waals surface area contributed by atoms with E-state index in [1.807, 2.05) is 0 Å². The Kier molecular flexibility index (Phi) is 3.89. The molecule has 0 saturated carbocycles. The molecule has 0 aliphatic rings. The van der Waals surface area contributed by atoms with E-state index in [4.69, 9.17) is 11.6 Å². The standard InChI is InChI=1S/C8H5ClF2N2O4/c1-17-8(14)3-2-4(9)12-5(7(10)11)6(3)13(15)16/h2,7H,1H3. The first-order chi connectivity index (χ1) is 7.88. The number of ether oxygens (including phenoxy) is 1. The van der Waals surface area contributed by atoms with Gasteiger partial charge in [-0.2, -0.15) is 0 Å². The van der Waals surface area contributed by atoms with Gasteiger partial charge in [-0.05, 0) is 6.07 Å². The number of aromatic nitrogens is 1. The third kappa shape index (κ3) is 2.64. The van der Waals surface area contributed by atoms with E-state index >= 15 is 0 Å². The van der Waals surface area contributed by atoms with E-state index in [2.05, 4.69) is 9.72 Å². The van der Waals surface area contributed by atoms with Gasteiger partial charge in [0, 0.05) is 0 Å². The van der Waals surface area contributed by atoms with Gasteiger partial charge in [0.05, 0.1) is 12.0 Å². The third-order valence-corrected chi connectivity index (χ3v) is 1.98. The minimum absolute atomic E-state index is 0.452. The molecule has 1 aromatic heterocycles. The topological polar surface area (TPSA) is 82.3 Å². The Bertz CT molecular complexity index is 481. The fourth-order valence-electron chi connectivity index (χ4n) is 1.14. The van der Waals surface area contributed by atoms with E-state index in [0.29, 0.717) is 0 Å². The summed E-state index contributed by atoms with van der Waals surface area (Å²) in [5.41, 5.74) is -2.92. The number of hydrogen-bond acceptors (Lipinski definition) is 5. The molecule has 0 aliphatic heterocycles. The van der Waals surface area contributed by atoms with Crippen LogP contribution in [0.2, 0.25) is 5.15 Å². The molecule has 1 rings (SSSR count). The smallest absolute Gasteiger partial charge is 0.345 e. The predicted molar refractivity (Wildman–Crippen MR) is 52.2 cm³/mol. The molecule has 0 spiro atoms. The van der Waals surface area contributed by atoms with Crippen LogP contribution in [0.4, 0.5) is 14.5 Å². The molecule has 6 nitrogen and oxygen atoms in total. The molecule has 0 fully saturated rings. The Morgan fingerprint density at radius 3 is 2.65 bits per heavy atom. The van der Waals surface area contributed by atoms with Crippen molar-refractivity contribution in [2.75, 3.05) is 7.11 Å². The van der Waals surface area contributed by atoms with Gasteiger partial charge in [-0.3, -0.25) is 10.1 Å². The van der Waals surface area contributed by atoms with Crippen molar-refractivity contribution < 1.29 is 23.2 Å². The summed E-state index contributed by atoms with van der Waals surface area (Å²) in [6, 6.07) is 0.803. The number of alkyl halides is 2. The molecule has 1 aromatic rings. The lowest BCUT2D eigenvalue weighted by Gasteiger charge is -2.06. The van der Waals surface area contributed by atoms with Gasteiger partial charge in [0.25, 0.3) is 6.43 Å². The molecule has 92 valence electrons. The lowest BCUT2D eigenvalue weighted by atomic mass is 10.2. The average Bonchev–Trinajstić information content (AvgIpc) is 2.26. The van der Waals surface area contributed by atoms with E-state index in [9.17, 15) is 23.7 Å². The van der Waals surface area contributed by atoms with Crippen LogP contribution in [-0.4, -0.2) is 23.0 Å². The van der Waals surface area contributed by atoms with Gasteiger partial charge in [-0.15, -0.1) is 0 Å². The summed E-state index contributed by atoms with van der Waals surface area (Å²) in [6.45, 7) is 0. The Morgan fingerprint density at radius 2 is 2.24 bits per heavy atom. The second-order valence-electron chi connectivity index (χ2n) is 2.78. The molecule has 0 saturated heterocycles. The van der Waals surface area contributed by atoms with Gasteiger partial charge >= 0.3 is 11.7 Å². The zero-order valence-electron chi connectivity index (χ0n) is 8.32. The van der Waals surface area contributed by atoms with Gasteiger partial charge in [-0.25, -0.2) is 18.6 Å². The van der Waals surface area contributed by atoms with Gasteiger partial charge < -0.3 is 4.74 Å². The molecule has 0 unspecified atom stereocenters. The van der Waals surface area contributed by atoms with E-state index < -0.39 is 39.4 Å². The van der Waals surface area contributed by atoms with Crippen molar-refractivity contribution in [2.24, 2.45) is 0 Å². The molecule has 17 heavy (non-hydrogen) atoms. The van der Waals surface area contributed by atoms with Gasteiger partial charge in [0.2, 0.25) is 0 Å². The van der Waals surface area contributed by atoms with Crippen molar-refractivity contribution in [1.29, 1.82) is 0 Å². The molecule has 9 heteroatoms. The molecule has 0 aliphatic carbocycles. The molecule has 0 aromatic carbocycles. The number of carbonyl (C=O) groups excluding carboxylic acids is 1. The number of hydrogen-bond donors (Lipinski definition) is 0. The predicted octanol–water partition coefficient (Wildman–Crippen LogP) is 2.37. The van der Waals surface area contributed by atoms with Crippen LogP contribution in [0.3, 0.4) is 0 Å². The minimum atomic E-state index is -3.22. The molecule has 0 N–H and O–H groups in total. The monoisotopic (exact) mass is 266 g/mol. The Labute approximate surface area is 98.3 Å². The number of rotatable bonds is 3. The summed E-state index contributed by atoms with van der Waals surface area (Å²) in [7, 11) is 0.961. The van der Waals surface area contributed by atoms with Crippen LogP contribution in [0.1, 0.15) is 22.5 Å². The van der Waals surface area contributed by atoms with Crippen LogP contribution >= 0.6 is 11.6 Å². The third-order valence-electron chi connectivity index (χ3n) is 1.78. The van der Waals surface area contributed by atoms with Crippen LogP contribution in [0, 0.1) is 10.1 Å². The Morgan fingerprint density at radius 1 is 1.65 bits per heavy atom. The molecule has 0 radical (unpaired) electrons. The van der Waals surface area contributed by atoms with E-state index in [-0.39, 0.29) is 0 Å². The Balaban J connectivity index is 3.57. The highest BCUT2D eigenvalue weighted by Gasteiger charge is 2.32. The second-order valence-corrected chi connectivity index (χ2v) is 3.16. The summed E-state index contributed by atoms with van der Waals surface area (Å²) in [6.07, 6.45) is -3.22. The van der Waals surface area contributed by atoms with Crippen LogP contribution in [0.15, 0.2) is 6.07 Å². The normalized spacial score (nSPS) is 10.4. The number of nitro groups is 1. The van der Waals surface area contributed by atoms with Crippen LogP contribution in [-0.2, 0) is 4.74 Å². The largest absolute Gasteiger partial charge is 0.465 e. The lowest BCUT2D eigenvalue weighted by Crippen LogP contribution is -2.10. The number of methoxy groups -OCH3 is 1. The summed E-state index contributed by atoms with van der Waals surface area (Å²) in [5.74, 6) is -1.14. The van der Waals surface area contributed by atoms with Crippen molar-refractivity contribution >= 4 is 23.3 Å². The zero-order chi connectivity index (χ0) is 13.2. The highest BCUT2D eigenvalue weighted by Crippen LogP contribution is 2.32. The Hall–Kier alpha value is -1.83. The van der Waals surface area contributed by atoms with Crippen molar-refractivity contribution in [3.63, 3.8) is 0 Å². The molecule has 0 atom stereocenters. The summed E-state index contributed by atoms with van der Waals surface area (Å²) < 4.78 is 29.3. The second kappa shape index (κ2) is 5.00. The summed E-state index contributed by atoms with van der Waals surface area (Å²) in [5, 5.41) is 10.2. The zero-order valence-corrected chi connectivity index (χ0v) is 9.07. The van der Waals surface area contributed by atoms with Crippen LogP contribution in [0.25, 0.3) is 0 Å². The number of esters is 1. The molecular formula is C8H5ClF2N2O4. The van der Waals surface area contributed by atoms with Crippen molar-refractivity contribution in [1.82, 2.24) is 4.98 Å². The maximum atomic E-state index is 12.5. The quantitative estimate of drug-likeness (QED) is 0.363. The number of carbonyl (C=O) groups is 1. The maximum Gasteiger partial charge on any atom is 0.345 e. The molecular weight excluding hydrogens is 262 g/mol. The van der Waals surface area contributed by atoms with Crippen molar-refractivity contribution in [3.05, 3.63) is 32.6 Å². The first-order valence-electron chi connectivity index (χ1n) is 4.09. The van der Waals surface area contributed by atoms with Crippen LogP contribution < -0.4 is 0 Å². The fourth-order valence-corrected chi connectivity index (χ4v) is 1.34. The SMILES string of the molecule is COC(=O)c1cc(Cl)nc(C(F)F)c1[N+](=O)[O-]. The summed E-state index contributed by atoms with van der Waals surface area (Å²) >= 11 is 5.40.